The number of rotatable bonds is 22. The van der Waals surface area contributed by atoms with Crippen molar-refractivity contribution in [2.24, 2.45) is 0 Å². The first-order chi connectivity index (χ1) is 72.4. The van der Waals surface area contributed by atoms with Crippen LogP contribution in [0.15, 0.2) is 150 Å². The average molecular weight is 1770 g/mol. The highest BCUT2D eigenvalue weighted by atomic mass is 79.9. The molecule has 666 valence electrons. The van der Waals surface area contributed by atoms with Gasteiger partial charge in [0.05, 0.1) is 109 Å². The second-order valence-corrected chi connectivity index (χ2v) is 33.1. The first-order valence-corrected chi connectivity index (χ1v) is 38.9. The Balaban J connectivity index is -0.000000152. The lowest BCUT2D eigenvalue weighted by molar-refractivity contribution is -0.107. The van der Waals surface area contributed by atoms with Crippen molar-refractivity contribution in [3.8, 4) is 69.0 Å². The van der Waals surface area contributed by atoms with E-state index in [2.05, 4.69) is 15.9 Å². The van der Waals surface area contributed by atoms with Gasteiger partial charge in [-0.1, -0.05) is 34.1 Å². The van der Waals surface area contributed by atoms with Crippen LogP contribution in [0.5, 0.6) is 69.0 Å². The number of halogens is 1. The number of fused-ring (bicyclic) bond motifs is 1. The maximum atomic E-state index is 11.7. The summed E-state index contributed by atoms with van der Waals surface area (Å²) in [5.74, 6) is 5.79. The molecule has 0 bridgehead atoms. The number of ether oxygens (including phenoxy) is 8. The highest BCUT2D eigenvalue weighted by molar-refractivity contribution is 9.10. The Hall–Kier alpha value is -9.46. The van der Waals surface area contributed by atoms with Gasteiger partial charge >= 0.3 is 28.4 Å². The van der Waals surface area contributed by atoms with Crippen LogP contribution in [0, 0.1) is 0 Å². The second-order valence-electron chi connectivity index (χ2n) is 32.3. The monoisotopic (exact) mass is 1770 g/mol. The summed E-state index contributed by atoms with van der Waals surface area (Å²) < 4.78 is 255. The fourth-order valence-corrected chi connectivity index (χ4v) is 11.7. The van der Waals surface area contributed by atoms with Gasteiger partial charge < -0.3 is 90.8 Å². The van der Waals surface area contributed by atoms with Crippen LogP contribution in [0.25, 0.3) is 0 Å². The molecule has 0 aromatic heterocycles. The fourth-order valence-electron chi connectivity index (χ4n) is 11.4. The van der Waals surface area contributed by atoms with Gasteiger partial charge in [-0.15, -0.1) is 0 Å². The van der Waals surface area contributed by atoms with Crippen LogP contribution in [0.1, 0.15) is 264 Å². The van der Waals surface area contributed by atoms with E-state index in [0.717, 1.165) is 29.1 Å². The van der Waals surface area contributed by atoms with Crippen LogP contribution in [0.4, 0.5) is 0 Å². The lowest BCUT2D eigenvalue weighted by atomic mass is 9.63. The highest BCUT2D eigenvalue weighted by Gasteiger charge is 2.54. The molecule has 119 heavy (non-hydrogen) atoms. The maximum Gasteiger partial charge on any atom is 0.495 e. The van der Waals surface area contributed by atoms with Gasteiger partial charge in [-0.25, -0.2) is 0 Å². The number of carbonyl (C=O) groups excluding carboxylic acids is 6. The molecule has 3 fully saturated rings. The van der Waals surface area contributed by atoms with Gasteiger partial charge in [-0.2, -0.15) is 0 Å². The van der Waals surface area contributed by atoms with Gasteiger partial charge in [0, 0.05) is 91.8 Å². The van der Waals surface area contributed by atoms with Crippen molar-refractivity contribution in [2.75, 3.05) is 28.4 Å². The van der Waals surface area contributed by atoms with E-state index in [1.165, 1.54) is 56.1 Å². The van der Waals surface area contributed by atoms with Crippen molar-refractivity contribution >= 4 is 104 Å². The molecule has 31 heteroatoms. The van der Waals surface area contributed by atoms with Crippen LogP contribution < -0.4 is 54.3 Å². The molecule has 0 spiro atoms. The van der Waals surface area contributed by atoms with E-state index in [0.29, 0.717) is 124 Å². The Bertz CT molecular complexity index is 5010. The van der Waals surface area contributed by atoms with E-state index in [4.69, 9.17) is 139 Å². The summed E-state index contributed by atoms with van der Waals surface area (Å²) in [4.78, 5) is 68.9. The first kappa shape index (κ1) is 73.5. The molecular formula is C88H142B5BrO25. The third-order valence-electron chi connectivity index (χ3n) is 21.3. The lowest BCUT2D eigenvalue weighted by Gasteiger charge is -2.32. The molecule has 0 amide bonds. The first-order valence-electron chi connectivity index (χ1n) is 55.1. The van der Waals surface area contributed by atoms with Crippen molar-refractivity contribution < 1.29 is 171 Å². The normalized spacial score (nSPS) is 17.1. The Morgan fingerprint density at radius 1 is 0.437 bits per heavy atom. The zero-order valence-electron chi connectivity index (χ0n) is 106. The van der Waals surface area contributed by atoms with Gasteiger partial charge in [0.15, 0.2) is 29.4 Å². The van der Waals surface area contributed by atoms with Crippen LogP contribution in [-0.4, -0.2) is 165 Å². The SMILES string of the molecule is CC(C)(O)C(C)(C)O.COc1cc(Oc2ccc(B3OC(C)(C)C(C)(C)O3)c(C=O)c2)ccc1C(C)=O.COc1cc(Oc2ccc(B3OC(C)(C)C(C)(C)O3)c(CO)c2)ccc1C(C)=O.COc1cc(Oc2ccc(Br)c(C=O)c2)ccc1C(C)=O.COc1cc(Oc2ccc3c(c2)COB3O)ccc1C(C)=O.[2HH].[2H][2H].[2H][2H].[2H][2H].[2H][2H].[2H][2H].[2H][2H].[2H][2H].[2H][2H].[2H][2H].[2H][2H].[2H][2H].[2H][2H].[2H][2H].[2H][2H].[2H][2H].[2H][2H].[2H][2H].[B]B1OC(C)(C)C(C)(C)O1. The number of ketones is 4. The summed E-state index contributed by atoms with van der Waals surface area (Å²) >= 11 is 3.28. The van der Waals surface area contributed by atoms with Gasteiger partial charge in [0.1, 0.15) is 83.0 Å². The molecule has 2 radical (unpaired) electrons. The van der Waals surface area contributed by atoms with Gasteiger partial charge in [-0.05, 0) is 269 Å². The summed E-state index contributed by atoms with van der Waals surface area (Å²) in [5, 5.41) is 37.7. The summed E-state index contributed by atoms with van der Waals surface area (Å²) in [6.45, 7) is 36.1. The van der Waals surface area contributed by atoms with Crippen molar-refractivity contribution in [1.29, 1.82) is 0 Å². The topological polar surface area (TPSA) is 322 Å². The third-order valence-corrected chi connectivity index (χ3v) is 22.0. The summed E-state index contributed by atoms with van der Waals surface area (Å²) in [5.41, 5.74) is 2.13. The number of Topliss-reactive ketones (excluding diaryl/α,β-unsaturated/α-hetero) is 4. The number of aliphatic hydroxyl groups is 3. The standard InChI is InChI=1S/C22H27BO6.C22H25BO6.C16H15BO5.C16H13BrO4.C6H12B2O2.C6H14O2.18H2/c2*1-14(25)18-9-7-17(12-20(18)26-6)27-16-8-10-19(15(11-16)13-24)23-28-21(2,3)22(4,5)29-23;1-10(18)14-5-3-13(8-16(14)20-2)22-12-4-6-15-11(7-12)9-21-17(15)19;1-10(19)14-5-3-13(8-16(14)20-2)21-12-4-6-15(17)11(7-12)9-18;1-5(2)6(3,4)10-8(7)9-5;1-5(2,7)6(3,4)8;;;;;;;;;;;;;;;;;;/h7-12,24H,13H2,1-6H3;7-13H,1-6H3;3-8,19H,9H2,1-2H3;3-9H,1-2H3;1-4H3;7-8H,1-4H3;18*1H/i;;;;;;17*1+1D;1+1. The molecule has 25 nitrogen and oxygen atoms in total. The van der Waals surface area contributed by atoms with E-state index in [1.54, 1.807) is 161 Å². The highest BCUT2D eigenvalue weighted by Crippen LogP contribution is 2.41. The minimum atomic E-state index is -1.01. The van der Waals surface area contributed by atoms with Crippen LogP contribution >= 0.6 is 15.9 Å². The minimum Gasteiger partial charge on any atom is -0.496 e. The van der Waals surface area contributed by atoms with E-state index in [1.807, 2.05) is 95.2 Å². The zero-order valence-corrected chi connectivity index (χ0v) is 73.6. The number of aliphatic hydroxyl groups excluding tert-OH is 1. The maximum absolute atomic E-state index is 11.7. The molecule has 8 aromatic rings. The van der Waals surface area contributed by atoms with E-state index >= 15 is 0 Å². The Labute approximate surface area is 762 Å². The van der Waals surface area contributed by atoms with Crippen LogP contribution in [0.2, 0.25) is 0 Å². The summed E-state index contributed by atoms with van der Waals surface area (Å²) in [7, 11) is 8.83. The zero-order chi connectivity index (χ0) is 123. The number of carbonyl (C=O) groups is 6. The smallest absolute Gasteiger partial charge is 0.495 e. The number of benzene rings is 8. The van der Waals surface area contributed by atoms with Crippen molar-refractivity contribution in [3.63, 3.8) is 0 Å². The predicted octanol–water partition coefficient (Wildman–Crippen LogP) is 19.2. The van der Waals surface area contributed by atoms with E-state index in [9.17, 15) is 38.9 Å². The quantitative estimate of drug-likeness (QED) is 0.0278. The van der Waals surface area contributed by atoms with Crippen molar-refractivity contribution in [3.05, 3.63) is 195 Å². The lowest BCUT2D eigenvalue weighted by Crippen LogP contribution is -2.44. The third kappa shape index (κ3) is 24.7. The number of hydrogen-bond acceptors (Lipinski definition) is 25. The largest absolute Gasteiger partial charge is 0.496 e. The molecule has 3 saturated heterocycles. The van der Waals surface area contributed by atoms with Gasteiger partial charge in [0.2, 0.25) is 0 Å². The molecule has 0 saturated carbocycles. The predicted molar refractivity (Wildman–Crippen MR) is 499 cm³/mol. The van der Waals surface area contributed by atoms with Gasteiger partial charge in [-0.3, -0.25) is 28.8 Å². The Kier molecular flexibility index (Phi) is 24.6. The van der Waals surface area contributed by atoms with Gasteiger partial charge in [0.25, 0.3) is 0 Å². The molecule has 0 atom stereocenters. The van der Waals surface area contributed by atoms with Crippen LogP contribution in [0.3, 0.4) is 0 Å². The number of methoxy groups -OCH3 is 4. The fraction of sp³-hybridized carbons (Fsp3) is 0.386. The molecular weight excluding hydrogens is 1590 g/mol. The van der Waals surface area contributed by atoms with E-state index < -0.39 is 62.0 Å². The van der Waals surface area contributed by atoms with E-state index in [-0.39, 0.29) is 42.4 Å². The van der Waals surface area contributed by atoms with Crippen molar-refractivity contribution in [2.45, 2.75) is 196 Å². The Morgan fingerprint density at radius 2 is 0.714 bits per heavy atom. The summed E-state index contributed by atoms with van der Waals surface area (Å²) in [6.07, 6.45) is 1.50. The summed E-state index contributed by atoms with van der Waals surface area (Å²) in [6, 6.07) is 41.1. The number of hydrogen-bond donors (Lipinski definition) is 4. The molecule has 12 rings (SSSR count). The minimum absolute atomic E-state index is 0. The molecule has 4 heterocycles. The van der Waals surface area contributed by atoms with Crippen molar-refractivity contribution in [1.82, 2.24) is 0 Å². The van der Waals surface area contributed by atoms with Crippen LogP contribution in [-0.2, 0) is 45.8 Å². The molecule has 0 aliphatic carbocycles. The number of aldehydes is 2. The second kappa shape index (κ2) is 39.8. The Morgan fingerprint density at radius 3 is 1.02 bits per heavy atom. The molecule has 0 unspecified atom stereocenters. The molecule has 4 aliphatic heterocycles. The molecule has 4 aliphatic rings. The molecule has 8 aromatic carbocycles. The molecule has 4 N–H and O–H groups in total. The average Bonchev–Trinajstić information content (AvgIpc) is 1.61.